The molecular formula is C16H16Cl2N2O5. The molecule has 1 atom stereocenters. The fourth-order valence-electron chi connectivity index (χ4n) is 2.33. The quantitative estimate of drug-likeness (QED) is 0.617. The van der Waals surface area contributed by atoms with Crippen molar-refractivity contribution in [3.8, 4) is 0 Å². The number of ether oxygens (including phenoxy) is 1. The van der Waals surface area contributed by atoms with Gasteiger partial charge in [0.25, 0.3) is 17.7 Å². The molecule has 0 bridgehead atoms. The zero-order valence-corrected chi connectivity index (χ0v) is 15.3. The van der Waals surface area contributed by atoms with Crippen LogP contribution in [-0.4, -0.2) is 47.3 Å². The fourth-order valence-corrected chi connectivity index (χ4v) is 2.66. The Labute approximate surface area is 154 Å². The van der Waals surface area contributed by atoms with Crippen LogP contribution in [0.2, 0.25) is 10.0 Å². The summed E-state index contributed by atoms with van der Waals surface area (Å²) in [4.78, 5) is 49.2. The van der Waals surface area contributed by atoms with Crippen LogP contribution >= 0.6 is 23.2 Å². The largest absolute Gasteiger partial charge is 0.454 e. The molecule has 0 saturated heterocycles. The van der Waals surface area contributed by atoms with Crippen LogP contribution in [-0.2, 0) is 14.3 Å². The third kappa shape index (κ3) is 3.93. The van der Waals surface area contributed by atoms with Gasteiger partial charge in [0, 0.05) is 6.04 Å². The van der Waals surface area contributed by atoms with Crippen molar-refractivity contribution in [1.82, 2.24) is 10.2 Å². The molecule has 1 aromatic carbocycles. The monoisotopic (exact) mass is 386 g/mol. The maximum Gasteiger partial charge on any atom is 0.329 e. The number of nitrogens with one attached hydrogen (secondary N) is 1. The van der Waals surface area contributed by atoms with Crippen molar-refractivity contribution in [3.63, 3.8) is 0 Å². The van der Waals surface area contributed by atoms with Crippen LogP contribution in [0.3, 0.4) is 0 Å². The lowest BCUT2D eigenvalue weighted by molar-refractivity contribution is -0.152. The van der Waals surface area contributed by atoms with Crippen molar-refractivity contribution in [2.45, 2.75) is 32.9 Å². The van der Waals surface area contributed by atoms with Gasteiger partial charge in [0.2, 0.25) is 0 Å². The highest BCUT2D eigenvalue weighted by Crippen LogP contribution is 2.32. The van der Waals surface area contributed by atoms with Crippen LogP contribution in [0.5, 0.6) is 0 Å². The summed E-state index contributed by atoms with van der Waals surface area (Å²) in [5.74, 6) is -2.69. The van der Waals surface area contributed by atoms with Gasteiger partial charge in [0.1, 0.15) is 6.04 Å². The number of hydrogen-bond donors (Lipinski definition) is 1. The van der Waals surface area contributed by atoms with E-state index in [1.807, 2.05) is 0 Å². The molecule has 7 nitrogen and oxygen atoms in total. The number of hydrogen-bond acceptors (Lipinski definition) is 5. The predicted octanol–water partition coefficient (Wildman–Crippen LogP) is 2.05. The van der Waals surface area contributed by atoms with Crippen LogP contribution < -0.4 is 5.32 Å². The van der Waals surface area contributed by atoms with Crippen LogP contribution in [0.25, 0.3) is 0 Å². The predicted molar refractivity (Wildman–Crippen MR) is 90.7 cm³/mol. The lowest BCUT2D eigenvalue weighted by atomic mass is 10.1. The maximum absolute atomic E-state index is 12.4. The molecule has 0 spiro atoms. The second kappa shape index (κ2) is 7.41. The summed E-state index contributed by atoms with van der Waals surface area (Å²) in [7, 11) is 0. The second-order valence-electron chi connectivity index (χ2n) is 5.80. The molecular weight excluding hydrogens is 371 g/mol. The first-order chi connectivity index (χ1) is 11.6. The number of benzene rings is 1. The average Bonchev–Trinajstić information content (AvgIpc) is 2.75. The standard InChI is InChI=1S/C16H16Cl2N2O5/c1-7(2)19-13(21)6-25-16(24)8(3)20-14(22)9-4-11(17)12(18)5-10(9)15(20)23/h4-5,7-8H,6H2,1-3H3,(H,19,21)/t8-/m0/s1. The molecule has 134 valence electrons. The van der Waals surface area contributed by atoms with Gasteiger partial charge in [-0.2, -0.15) is 0 Å². The van der Waals surface area contributed by atoms with E-state index in [0.717, 1.165) is 4.90 Å². The summed E-state index contributed by atoms with van der Waals surface area (Å²) in [6.07, 6.45) is 0. The minimum absolute atomic E-state index is 0.0663. The van der Waals surface area contributed by atoms with Gasteiger partial charge in [0.15, 0.2) is 6.61 Å². The van der Waals surface area contributed by atoms with E-state index < -0.39 is 36.3 Å². The van der Waals surface area contributed by atoms with Crippen LogP contribution in [0, 0.1) is 0 Å². The van der Waals surface area contributed by atoms with Crippen LogP contribution in [0.15, 0.2) is 12.1 Å². The number of nitrogens with zero attached hydrogens (tertiary/aromatic N) is 1. The summed E-state index contributed by atoms with van der Waals surface area (Å²) in [5.41, 5.74) is 0.133. The van der Waals surface area contributed by atoms with Crippen molar-refractivity contribution >= 4 is 46.9 Å². The highest BCUT2D eigenvalue weighted by atomic mass is 35.5. The van der Waals surface area contributed by atoms with Crippen molar-refractivity contribution in [3.05, 3.63) is 33.3 Å². The maximum atomic E-state index is 12.4. The molecule has 2 rings (SSSR count). The normalized spacial score (nSPS) is 14.6. The van der Waals surface area contributed by atoms with Gasteiger partial charge in [0.05, 0.1) is 21.2 Å². The zero-order chi connectivity index (χ0) is 18.9. The Morgan fingerprint density at radius 1 is 1.08 bits per heavy atom. The molecule has 25 heavy (non-hydrogen) atoms. The Kier molecular flexibility index (Phi) is 5.69. The van der Waals surface area contributed by atoms with E-state index in [4.69, 9.17) is 27.9 Å². The van der Waals surface area contributed by atoms with Crippen molar-refractivity contribution in [2.24, 2.45) is 0 Å². The van der Waals surface area contributed by atoms with E-state index >= 15 is 0 Å². The Hall–Kier alpha value is -2.12. The van der Waals surface area contributed by atoms with Gasteiger partial charge in [-0.1, -0.05) is 23.2 Å². The smallest absolute Gasteiger partial charge is 0.329 e. The van der Waals surface area contributed by atoms with Gasteiger partial charge in [-0.15, -0.1) is 0 Å². The van der Waals surface area contributed by atoms with Crippen LogP contribution in [0.1, 0.15) is 41.5 Å². The third-order valence-electron chi connectivity index (χ3n) is 3.48. The highest BCUT2D eigenvalue weighted by Gasteiger charge is 2.42. The summed E-state index contributed by atoms with van der Waals surface area (Å²) in [5, 5.41) is 2.82. The molecule has 9 heteroatoms. The minimum atomic E-state index is -1.20. The summed E-state index contributed by atoms with van der Waals surface area (Å²) < 4.78 is 4.87. The Morgan fingerprint density at radius 3 is 2.00 bits per heavy atom. The fraction of sp³-hybridized carbons (Fsp3) is 0.375. The highest BCUT2D eigenvalue weighted by molar-refractivity contribution is 6.43. The summed E-state index contributed by atoms with van der Waals surface area (Å²) >= 11 is 11.7. The van der Waals surface area contributed by atoms with Gasteiger partial charge in [-0.25, -0.2) is 4.79 Å². The number of carbonyl (C=O) groups excluding carboxylic acids is 4. The van der Waals surface area contributed by atoms with Gasteiger partial charge >= 0.3 is 5.97 Å². The zero-order valence-electron chi connectivity index (χ0n) is 13.8. The Bertz CT molecular complexity index is 722. The first-order valence-corrected chi connectivity index (χ1v) is 8.22. The molecule has 1 aliphatic rings. The van der Waals surface area contributed by atoms with Crippen molar-refractivity contribution in [1.29, 1.82) is 0 Å². The number of fused-ring (bicyclic) bond motifs is 1. The van der Waals surface area contributed by atoms with Crippen molar-refractivity contribution < 1.29 is 23.9 Å². The number of carbonyl (C=O) groups is 4. The SMILES string of the molecule is CC(C)NC(=O)COC(=O)[C@H](C)N1C(=O)c2cc(Cl)c(Cl)cc2C1=O. The summed E-state index contributed by atoms with van der Waals surface area (Å²) in [6, 6.07) is 1.27. The molecule has 1 aliphatic heterocycles. The molecule has 0 aliphatic carbocycles. The van der Waals surface area contributed by atoms with Crippen LogP contribution in [0.4, 0.5) is 0 Å². The van der Waals surface area contributed by atoms with E-state index in [0.29, 0.717) is 0 Å². The molecule has 1 heterocycles. The molecule has 1 aromatic rings. The molecule has 0 radical (unpaired) electrons. The van der Waals surface area contributed by atoms with E-state index in [-0.39, 0.29) is 27.2 Å². The summed E-state index contributed by atoms with van der Waals surface area (Å²) in [6.45, 7) is 4.37. The number of esters is 1. The number of rotatable bonds is 5. The van der Waals surface area contributed by atoms with Crippen molar-refractivity contribution in [2.75, 3.05) is 6.61 Å². The molecule has 1 N–H and O–H groups in total. The number of halogens is 2. The first-order valence-electron chi connectivity index (χ1n) is 7.46. The molecule has 0 saturated carbocycles. The topological polar surface area (TPSA) is 92.8 Å². The lowest BCUT2D eigenvalue weighted by Crippen LogP contribution is -2.44. The lowest BCUT2D eigenvalue weighted by Gasteiger charge is -2.20. The van der Waals surface area contributed by atoms with E-state index in [2.05, 4.69) is 5.32 Å². The average molecular weight is 387 g/mol. The van der Waals surface area contributed by atoms with E-state index in [1.165, 1.54) is 19.1 Å². The van der Waals surface area contributed by atoms with Gasteiger partial charge in [-0.05, 0) is 32.9 Å². The second-order valence-corrected chi connectivity index (χ2v) is 6.61. The minimum Gasteiger partial charge on any atom is -0.454 e. The number of imide groups is 1. The van der Waals surface area contributed by atoms with E-state index in [9.17, 15) is 19.2 Å². The molecule has 0 aromatic heterocycles. The molecule has 0 fully saturated rings. The molecule has 3 amide bonds. The van der Waals surface area contributed by atoms with E-state index in [1.54, 1.807) is 13.8 Å². The Morgan fingerprint density at radius 2 is 1.56 bits per heavy atom. The third-order valence-corrected chi connectivity index (χ3v) is 4.20. The molecule has 0 unspecified atom stereocenters. The number of amides is 3. The van der Waals surface area contributed by atoms with Gasteiger partial charge in [-0.3, -0.25) is 19.3 Å². The Balaban J connectivity index is 2.11. The van der Waals surface area contributed by atoms with Gasteiger partial charge < -0.3 is 10.1 Å². The first kappa shape index (κ1) is 19.2.